The Kier molecular flexibility index (Phi) is 17.7. The van der Waals surface area contributed by atoms with Gasteiger partial charge in [0, 0.05) is 7.11 Å². The summed E-state index contributed by atoms with van der Waals surface area (Å²) < 4.78 is 76.8. The van der Waals surface area contributed by atoms with Gasteiger partial charge < -0.3 is 52.1 Å². The Hall–Kier alpha value is -6.47. The van der Waals surface area contributed by atoms with E-state index in [2.05, 4.69) is 10.3 Å². The molecule has 0 amide bonds. The van der Waals surface area contributed by atoms with E-state index >= 15 is 0 Å². The van der Waals surface area contributed by atoms with Crippen LogP contribution in [0.5, 0.6) is 0 Å². The number of hydrogen-bond acceptors (Lipinski definition) is 14. The van der Waals surface area contributed by atoms with Gasteiger partial charge in [-0.2, -0.15) is 0 Å². The van der Waals surface area contributed by atoms with E-state index < -0.39 is 67.4 Å². The van der Waals surface area contributed by atoms with Crippen LogP contribution in [0.25, 0.3) is 0 Å². The number of fused-ring (bicyclic) bond motifs is 5. The van der Waals surface area contributed by atoms with E-state index in [0.717, 1.165) is 33.4 Å². The van der Waals surface area contributed by atoms with E-state index in [4.69, 9.17) is 52.1 Å². The summed E-state index contributed by atoms with van der Waals surface area (Å²) in [5.41, 5.74) is 6.63. The van der Waals surface area contributed by atoms with Crippen LogP contribution in [0.3, 0.4) is 0 Å². The summed E-state index contributed by atoms with van der Waals surface area (Å²) in [4.78, 5) is 13.7. The molecule has 3 aliphatic heterocycles. The SMILES string of the molecule is CO[C@H]1O[C@H](COC(=O)c2ccccc2)[C@H]2O[C@H]3O[C@H](COCc4ccccc4)[C@@H](OCc4ccccc4)[C@H](OCc4ccccc4)[C@H]3OCc3cn(nn3)Cc3ccccc3CO[C@@H]2[C@H]1OCc1ccccc1. The first kappa shape index (κ1) is 51.0. The van der Waals surface area contributed by atoms with Gasteiger partial charge >= 0.3 is 5.97 Å². The smallest absolute Gasteiger partial charge is 0.338 e. The second kappa shape index (κ2) is 25.7. The van der Waals surface area contributed by atoms with Crippen LogP contribution in [-0.2, 0) is 98.3 Å². The number of methoxy groups -OCH3 is 1. The highest BCUT2D eigenvalue weighted by Gasteiger charge is 2.55. The minimum atomic E-state index is -1.22. The van der Waals surface area contributed by atoms with E-state index in [1.54, 1.807) is 36.1 Å². The predicted octanol–water partition coefficient (Wildman–Crippen LogP) is 8.42. The lowest BCUT2D eigenvalue weighted by atomic mass is 9.95. The minimum Gasteiger partial charge on any atom is -0.459 e. The van der Waals surface area contributed by atoms with Crippen molar-refractivity contribution in [3.63, 3.8) is 0 Å². The summed E-state index contributed by atoms with van der Waals surface area (Å²) in [7, 11) is 1.55. The van der Waals surface area contributed by atoms with Crippen molar-refractivity contribution in [2.45, 2.75) is 108 Å². The van der Waals surface area contributed by atoms with Gasteiger partial charge in [0.05, 0.1) is 64.6 Å². The zero-order valence-corrected chi connectivity index (χ0v) is 41.2. The third-order valence-electron chi connectivity index (χ3n) is 13.2. The molecule has 10 atom stereocenters. The Morgan fingerprint density at radius 1 is 0.541 bits per heavy atom. The van der Waals surface area contributed by atoms with Crippen molar-refractivity contribution in [2.75, 3.05) is 20.3 Å². The van der Waals surface area contributed by atoms with Gasteiger partial charge in [-0.1, -0.05) is 169 Å². The maximum atomic E-state index is 13.7. The first-order chi connectivity index (χ1) is 36.5. The Balaban J connectivity index is 1.07. The highest BCUT2D eigenvalue weighted by molar-refractivity contribution is 5.89. The highest BCUT2D eigenvalue weighted by atomic mass is 16.8. The number of hydrogen-bond donors (Lipinski definition) is 0. The molecule has 2 saturated heterocycles. The van der Waals surface area contributed by atoms with E-state index in [1.807, 2.05) is 158 Å². The summed E-state index contributed by atoms with van der Waals surface area (Å²) in [5.74, 6) is -0.541. The molecule has 10 rings (SSSR count). The van der Waals surface area contributed by atoms with Crippen molar-refractivity contribution in [3.05, 3.63) is 227 Å². The van der Waals surface area contributed by atoms with Crippen LogP contribution < -0.4 is 0 Å². The summed E-state index contributed by atoms with van der Waals surface area (Å²) in [6.07, 6.45) is -7.58. The van der Waals surface area contributed by atoms with Crippen molar-refractivity contribution in [2.24, 2.45) is 0 Å². The Labute approximate surface area is 431 Å². The van der Waals surface area contributed by atoms with Gasteiger partial charge in [-0.25, -0.2) is 9.48 Å². The average molecular weight is 1000 g/mol. The quantitative estimate of drug-likeness (QED) is 0.0804. The largest absolute Gasteiger partial charge is 0.459 e. The second-order valence-electron chi connectivity index (χ2n) is 18.4. The molecule has 0 unspecified atom stereocenters. The molecular formula is C59H61N3O12. The van der Waals surface area contributed by atoms with Crippen LogP contribution in [-0.4, -0.2) is 103 Å². The van der Waals surface area contributed by atoms with Gasteiger partial charge in [0.15, 0.2) is 12.6 Å². The number of ether oxygens (including phenoxy) is 11. The maximum Gasteiger partial charge on any atom is 0.338 e. The topological polar surface area (TPSA) is 149 Å². The predicted molar refractivity (Wildman–Crippen MR) is 270 cm³/mol. The first-order valence-corrected chi connectivity index (χ1v) is 25.0. The van der Waals surface area contributed by atoms with Crippen LogP contribution in [0.4, 0.5) is 0 Å². The molecule has 3 aliphatic rings. The molecular weight excluding hydrogens is 943 g/mol. The number of carbonyl (C=O) groups excluding carboxylic acids is 1. The van der Waals surface area contributed by atoms with E-state index in [0.29, 0.717) is 24.4 Å². The molecule has 0 N–H and O–H groups in total. The standard InChI is InChI=1S/C59H61N3O12/c1-64-58-55(68-36-44-25-13-5-14-26-44)54-52(50(72-58)40-71-57(63)45-27-15-6-16-28-45)74-59-56(70-38-48-32-62(61-60-48)31-46-29-17-18-30-47(46)37-69-54)53(67-35-43-23-11-4-12-24-43)51(66-34-42-21-9-3-10-22-42)49(73-59)39-65-33-41-19-7-2-8-20-41/h2-30,32,49-56,58-59H,31,33-40H2,1H3/t49-,50-,51-,52-,53+,54+,55-,56-,58+,59-/m1/s1. The van der Waals surface area contributed by atoms with E-state index in [1.165, 1.54) is 0 Å². The number of nitrogens with zero attached hydrogens (tertiary/aromatic N) is 3. The lowest BCUT2D eigenvalue weighted by Gasteiger charge is -2.50. The monoisotopic (exact) mass is 1000 g/mol. The Bertz CT molecular complexity index is 2780. The fourth-order valence-electron chi connectivity index (χ4n) is 9.44. The Morgan fingerprint density at radius 3 is 1.70 bits per heavy atom. The normalized spacial score (nSPS) is 25.0. The average Bonchev–Trinajstić information content (AvgIpc) is 3.90. The fraction of sp³-hybridized carbons (Fsp3) is 0.339. The van der Waals surface area contributed by atoms with Crippen molar-refractivity contribution in [3.8, 4) is 0 Å². The number of aromatic nitrogens is 3. The van der Waals surface area contributed by atoms with Gasteiger partial charge in [-0.05, 0) is 45.5 Å². The second-order valence-corrected chi connectivity index (χ2v) is 18.4. The van der Waals surface area contributed by atoms with Crippen molar-refractivity contribution < 1.29 is 56.9 Å². The molecule has 15 nitrogen and oxygen atoms in total. The first-order valence-electron chi connectivity index (χ1n) is 25.0. The number of carbonyl (C=O) groups is 1. The summed E-state index contributed by atoms with van der Waals surface area (Å²) in [5, 5.41) is 9.04. The molecule has 0 saturated carbocycles. The number of esters is 1. The van der Waals surface area contributed by atoms with Crippen LogP contribution in [0, 0.1) is 0 Å². The minimum absolute atomic E-state index is 0.00901. The van der Waals surface area contributed by atoms with Gasteiger partial charge in [-0.3, -0.25) is 0 Å². The summed E-state index contributed by atoms with van der Waals surface area (Å²) >= 11 is 0. The Morgan fingerprint density at radius 2 is 1.08 bits per heavy atom. The molecule has 1 aromatic heterocycles. The van der Waals surface area contributed by atoms with Crippen molar-refractivity contribution >= 4 is 5.97 Å². The molecule has 0 aliphatic carbocycles. The molecule has 4 heterocycles. The van der Waals surface area contributed by atoms with E-state index in [-0.39, 0.29) is 46.2 Å². The number of benzene rings is 6. The van der Waals surface area contributed by atoms with Gasteiger partial charge in [-0.15, -0.1) is 5.10 Å². The number of rotatable bonds is 17. The van der Waals surface area contributed by atoms with Crippen LogP contribution in [0.15, 0.2) is 182 Å². The molecule has 0 radical (unpaired) electrons. The van der Waals surface area contributed by atoms with Crippen molar-refractivity contribution in [1.82, 2.24) is 15.0 Å². The maximum absolute atomic E-state index is 13.7. The molecule has 74 heavy (non-hydrogen) atoms. The van der Waals surface area contributed by atoms with Crippen LogP contribution >= 0.6 is 0 Å². The zero-order chi connectivity index (χ0) is 50.3. The molecule has 7 aromatic rings. The summed E-state index contributed by atoms with van der Waals surface area (Å²) in [6, 6.07) is 56.4. The van der Waals surface area contributed by atoms with Gasteiger partial charge in [0.1, 0.15) is 61.1 Å². The van der Waals surface area contributed by atoms with Crippen LogP contribution in [0.2, 0.25) is 0 Å². The fourth-order valence-corrected chi connectivity index (χ4v) is 9.44. The third-order valence-corrected chi connectivity index (χ3v) is 13.2. The molecule has 384 valence electrons. The lowest BCUT2D eigenvalue weighted by molar-refractivity contribution is -0.375. The lowest BCUT2D eigenvalue weighted by Crippen LogP contribution is -2.66. The van der Waals surface area contributed by atoms with Crippen molar-refractivity contribution in [1.29, 1.82) is 0 Å². The molecule has 0 spiro atoms. The van der Waals surface area contributed by atoms with Gasteiger partial charge in [0.25, 0.3) is 0 Å². The third kappa shape index (κ3) is 13.2. The highest BCUT2D eigenvalue weighted by Crippen LogP contribution is 2.37. The summed E-state index contributed by atoms with van der Waals surface area (Å²) in [6.45, 7) is 1.33. The molecule has 6 aromatic carbocycles. The van der Waals surface area contributed by atoms with Gasteiger partial charge in [0.2, 0.25) is 0 Å². The van der Waals surface area contributed by atoms with E-state index in [9.17, 15) is 4.79 Å². The molecule has 2 bridgehead atoms. The molecule has 15 heteroatoms. The van der Waals surface area contributed by atoms with Crippen LogP contribution in [0.1, 0.15) is 49.4 Å². The zero-order valence-electron chi connectivity index (χ0n) is 41.2. The molecule has 2 fully saturated rings.